The van der Waals surface area contributed by atoms with Gasteiger partial charge in [0.2, 0.25) is 0 Å². The van der Waals surface area contributed by atoms with Gasteiger partial charge < -0.3 is 10.2 Å². The summed E-state index contributed by atoms with van der Waals surface area (Å²) in [6.07, 6.45) is 0. The summed E-state index contributed by atoms with van der Waals surface area (Å²) in [5.74, 6) is 0.112. The van der Waals surface area contributed by atoms with E-state index in [1.807, 2.05) is 0 Å². The maximum absolute atomic E-state index is 10.3. The Labute approximate surface area is 185 Å². The molecule has 0 aromatic heterocycles. The minimum absolute atomic E-state index is 0.00816. The van der Waals surface area contributed by atoms with Gasteiger partial charge in [0.1, 0.15) is 11.5 Å². The van der Waals surface area contributed by atoms with Crippen LogP contribution in [-0.2, 0) is 13.1 Å². The van der Waals surface area contributed by atoms with E-state index in [0.717, 1.165) is 13.1 Å². The van der Waals surface area contributed by atoms with Crippen LogP contribution in [0.3, 0.4) is 0 Å². The van der Waals surface area contributed by atoms with Crippen molar-refractivity contribution in [1.29, 1.82) is 0 Å². The van der Waals surface area contributed by atoms with Crippen LogP contribution in [0.5, 0.6) is 11.5 Å². The number of benzene rings is 2. The number of phenols is 2. The number of rotatable bonds is 4. The van der Waals surface area contributed by atoms with Crippen molar-refractivity contribution in [1.82, 2.24) is 9.80 Å². The van der Waals surface area contributed by atoms with Crippen molar-refractivity contribution in [3.8, 4) is 11.5 Å². The van der Waals surface area contributed by atoms with E-state index in [4.69, 9.17) is 46.4 Å². The zero-order valence-corrected chi connectivity index (χ0v) is 18.7. The van der Waals surface area contributed by atoms with Crippen LogP contribution in [0.1, 0.15) is 25.0 Å². The van der Waals surface area contributed by atoms with Crippen molar-refractivity contribution in [2.24, 2.45) is 5.41 Å². The third-order valence-electron chi connectivity index (χ3n) is 4.71. The molecule has 152 valence electrons. The first-order valence-corrected chi connectivity index (χ1v) is 10.3. The molecular formula is C20H22Cl4N2O2. The second-order valence-corrected chi connectivity index (χ2v) is 9.76. The van der Waals surface area contributed by atoms with Gasteiger partial charge in [0, 0.05) is 47.4 Å². The molecular weight excluding hydrogens is 442 g/mol. The van der Waals surface area contributed by atoms with Gasteiger partial charge in [-0.25, -0.2) is 0 Å². The molecule has 3 rings (SSSR count). The highest BCUT2D eigenvalue weighted by Crippen LogP contribution is 2.36. The van der Waals surface area contributed by atoms with E-state index < -0.39 is 0 Å². The first-order chi connectivity index (χ1) is 13.0. The lowest BCUT2D eigenvalue weighted by Crippen LogP contribution is -2.52. The average molecular weight is 464 g/mol. The second-order valence-electron chi connectivity index (χ2n) is 8.07. The highest BCUT2D eigenvalue weighted by molar-refractivity contribution is 6.36. The van der Waals surface area contributed by atoms with Gasteiger partial charge in [-0.3, -0.25) is 9.80 Å². The van der Waals surface area contributed by atoms with Crippen molar-refractivity contribution in [3.63, 3.8) is 0 Å². The molecule has 0 radical (unpaired) electrons. The fourth-order valence-electron chi connectivity index (χ4n) is 3.82. The lowest BCUT2D eigenvalue weighted by atomic mass is 9.89. The predicted octanol–water partition coefficient (Wildman–Crippen LogP) is 6.01. The molecule has 1 aliphatic heterocycles. The Bertz CT molecular complexity index is 819. The van der Waals surface area contributed by atoms with Crippen LogP contribution in [0.15, 0.2) is 24.3 Å². The SMILES string of the molecule is CC1(C)CN(Cc2cc(Cl)cc(Cl)c2O)CN(Cc2cc(Cl)cc(Cl)c2O)C1. The van der Waals surface area contributed by atoms with Gasteiger partial charge in [-0.1, -0.05) is 60.3 Å². The zero-order chi connectivity index (χ0) is 20.6. The standard InChI is InChI=1S/C20H22Cl4N2O2/c1-20(2)9-25(7-12-3-14(21)5-16(23)18(12)27)11-26(10-20)8-13-4-15(22)6-17(24)19(13)28/h3-6,27-28H,7-11H2,1-2H3. The fraction of sp³-hybridized carbons (Fsp3) is 0.400. The summed E-state index contributed by atoms with van der Waals surface area (Å²) in [5.41, 5.74) is 1.38. The largest absolute Gasteiger partial charge is 0.506 e. The Kier molecular flexibility index (Phi) is 6.60. The minimum Gasteiger partial charge on any atom is -0.506 e. The molecule has 0 saturated carbocycles. The second kappa shape index (κ2) is 8.47. The summed E-state index contributed by atoms with van der Waals surface area (Å²) >= 11 is 24.3. The Hall–Kier alpha value is -0.880. The van der Waals surface area contributed by atoms with Crippen molar-refractivity contribution in [3.05, 3.63) is 55.5 Å². The van der Waals surface area contributed by atoms with E-state index in [1.54, 1.807) is 12.1 Å². The van der Waals surface area contributed by atoms with Crippen LogP contribution in [0.25, 0.3) is 0 Å². The van der Waals surface area contributed by atoms with Gasteiger partial charge in [-0.2, -0.15) is 0 Å². The van der Waals surface area contributed by atoms with Crippen molar-refractivity contribution >= 4 is 46.4 Å². The monoisotopic (exact) mass is 462 g/mol. The number of halogens is 4. The summed E-state index contributed by atoms with van der Waals surface area (Å²) in [5, 5.41) is 22.0. The highest BCUT2D eigenvalue weighted by atomic mass is 35.5. The van der Waals surface area contributed by atoms with Crippen LogP contribution in [-0.4, -0.2) is 39.8 Å². The van der Waals surface area contributed by atoms with Gasteiger partial charge in [-0.05, 0) is 29.7 Å². The van der Waals surface area contributed by atoms with Gasteiger partial charge in [-0.15, -0.1) is 0 Å². The predicted molar refractivity (Wildman–Crippen MR) is 116 cm³/mol. The molecule has 1 aliphatic rings. The third-order valence-corrected chi connectivity index (χ3v) is 5.72. The van der Waals surface area contributed by atoms with Crippen LogP contribution >= 0.6 is 46.4 Å². The molecule has 2 N–H and O–H groups in total. The van der Waals surface area contributed by atoms with Gasteiger partial charge in [0.05, 0.1) is 16.7 Å². The van der Waals surface area contributed by atoms with E-state index in [0.29, 0.717) is 40.9 Å². The molecule has 2 aromatic rings. The molecule has 0 amide bonds. The summed E-state index contributed by atoms with van der Waals surface area (Å²) < 4.78 is 0. The lowest BCUT2D eigenvalue weighted by molar-refractivity contribution is -0.000828. The highest BCUT2D eigenvalue weighted by Gasteiger charge is 2.32. The number of hydrogen-bond donors (Lipinski definition) is 2. The minimum atomic E-state index is 0.00816. The van der Waals surface area contributed by atoms with Crippen LogP contribution in [0, 0.1) is 5.41 Å². The van der Waals surface area contributed by atoms with Crippen LogP contribution in [0.4, 0.5) is 0 Å². The molecule has 4 nitrogen and oxygen atoms in total. The maximum atomic E-state index is 10.3. The van der Waals surface area contributed by atoms with Crippen molar-refractivity contribution < 1.29 is 10.2 Å². The molecule has 0 bridgehead atoms. The van der Waals surface area contributed by atoms with Crippen LogP contribution in [0.2, 0.25) is 20.1 Å². The summed E-state index contributed by atoms with van der Waals surface area (Å²) in [6.45, 7) is 7.72. The molecule has 1 fully saturated rings. The molecule has 0 atom stereocenters. The smallest absolute Gasteiger partial charge is 0.138 e. The van der Waals surface area contributed by atoms with Gasteiger partial charge in [0.15, 0.2) is 0 Å². The quantitative estimate of drug-likeness (QED) is 0.582. The summed E-state index contributed by atoms with van der Waals surface area (Å²) in [7, 11) is 0. The molecule has 0 spiro atoms. The molecule has 8 heteroatoms. The van der Waals surface area contributed by atoms with Crippen molar-refractivity contribution in [2.75, 3.05) is 19.8 Å². The molecule has 0 aliphatic carbocycles. The Balaban J connectivity index is 1.80. The van der Waals surface area contributed by atoms with Gasteiger partial charge in [0.25, 0.3) is 0 Å². The number of aromatic hydroxyl groups is 2. The van der Waals surface area contributed by atoms with E-state index in [2.05, 4.69) is 23.6 Å². The Morgan fingerprint density at radius 3 is 1.57 bits per heavy atom. The number of phenolic OH excluding ortho intramolecular Hbond substituents is 2. The molecule has 0 unspecified atom stereocenters. The summed E-state index contributed by atoms with van der Waals surface area (Å²) in [6, 6.07) is 6.52. The molecule has 1 saturated heterocycles. The van der Waals surface area contributed by atoms with E-state index in [-0.39, 0.29) is 27.0 Å². The zero-order valence-electron chi connectivity index (χ0n) is 15.6. The van der Waals surface area contributed by atoms with E-state index >= 15 is 0 Å². The molecule has 28 heavy (non-hydrogen) atoms. The lowest BCUT2D eigenvalue weighted by Gasteiger charge is -2.45. The molecule has 2 aromatic carbocycles. The Morgan fingerprint density at radius 1 is 0.786 bits per heavy atom. The number of hydrogen-bond acceptors (Lipinski definition) is 4. The van der Waals surface area contributed by atoms with Gasteiger partial charge >= 0.3 is 0 Å². The first-order valence-electron chi connectivity index (χ1n) is 8.82. The third kappa shape index (κ3) is 5.18. The van der Waals surface area contributed by atoms with E-state index in [9.17, 15) is 10.2 Å². The first kappa shape index (κ1) is 21.8. The number of nitrogens with zero attached hydrogens (tertiary/aromatic N) is 2. The fourth-order valence-corrected chi connectivity index (χ4v) is 4.89. The Morgan fingerprint density at radius 2 is 1.18 bits per heavy atom. The molecule has 1 heterocycles. The summed E-state index contributed by atoms with van der Waals surface area (Å²) in [4.78, 5) is 4.43. The van der Waals surface area contributed by atoms with E-state index in [1.165, 1.54) is 12.1 Å². The average Bonchev–Trinajstić information content (AvgIpc) is 2.55. The normalized spacial score (nSPS) is 17.8. The van der Waals surface area contributed by atoms with Crippen LogP contribution < -0.4 is 0 Å². The topological polar surface area (TPSA) is 46.9 Å². The maximum Gasteiger partial charge on any atom is 0.138 e. The van der Waals surface area contributed by atoms with Crippen molar-refractivity contribution in [2.45, 2.75) is 26.9 Å².